The van der Waals surface area contributed by atoms with Crippen LogP contribution in [0.1, 0.15) is 25.7 Å². The minimum Gasteiger partial charge on any atom is -0.396 e. The van der Waals surface area contributed by atoms with Crippen LogP contribution < -0.4 is 0 Å². The van der Waals surface area contributed by atoms with Crippen molar-refractivity contribution in [3.63, 3.8) is 0 Å². The molecule has 3 aromatic rings. The Morgan fingerprint density at radius 2 is 1.32 bits per heavy atom. The smallest absolute Gasteiger partial charge is 0.0492 e. The lowest BCUT2D eigenvalue weighted by Gasteiger charge is -2.07. The molecule has 0 fully saturated rings. The number of nitrogens with zero attached hydrogens (tertiary/aromatic N) is 1. The van der Waals surface area contributed by atoms with Crippen molar-refractivity contribution in [1.82, 2.24) is 4.57 Å². The number of unbranched alkanes of at least 4 members (excludes halogenated alkanes) is 3. The van der Waals surface area contributed by atoms with E-state index in [-0.39, 0.29) is 0 Å². The zero-order valence-electron chi connectivity index (χ0n) is 12.4. The average Bonchev–Trinajstić information content (AvgIpc) is 2.80. The van der Waals surface area contributed by atoms with Gasteiger partial charge in [-0.15, -0.1) is 0 Å². The maximum Gasteiger partial charge on any atom is 0.0492 e. The topological polar surface area (TPSA) is 25.2 Å². The van der Waals surface area contributed by atoms with Crippen molar-refractivity contribution in [3.8, 4) is 0 Å². The predicted molar refractivity (Wildman–Crippen MR) is 110 cm³/mol. The zero-order chi connectivity index (χ0) is 15.5. The summed E-state index contributed by atoms with van der Waals surface area (Å²) in [4.78, 5) is 0. The van der Waals surface area contributed by atoms with Gasteiger partial charge in [0.1, 0.15) is 0 Å². The summed E-state index contributed by atoms with van der Waals surface area (Å²) in [6.07, 6.45) is 4.38. The summed E-state index contributed by atoms with van der Waals surface area (Å²) in [5, 5.41) is 11.6. The van der Waals surface area contributed by atoms with E-state index in [1.807, 2.05) is 0 Å². The van der Waals surface area contributed by atoms with E-state index in [0.29, 0.717) is 6.61 Å². The molecule has 4 heteroatoms. The van der Waals surface area contributed by atoms with Gasteiger partial charge < -0.3 is 9.67 Å². The normalized spacial score (nSPS) is 11.6. The van der Waals surface area contributed by atoms with Crippen LogP contribution in [-0.2, 0) is 6.54 Å². The van der Waals surface area contributed by atoms with Crippen molar-refractivity contribution < 1.29 is 5.11 Å². The van der Waals surface area contributed by atoms with Crippen LogP contribution in [-0.4, -0.2) is 16.3 Å². The monoisotopic (exact) mass is 519 g/mol. The minimum absolute atomic E-state index is 0.312. The predicted octanol–water partition coefficient (Wildman–Crippen LogP) is 5.56. The summed E-state index contributed by atoms with van der Waals surface area (Å²) in [6, 6.07) is 13.5. The van der Waals surface area contributed by atoms with Gasteiger partial charge in [0.25, 0.3) is 0 Å². The number of aryl methyl sites for hydroxylation is 1. The van der Waals surface area contributed by atoms with Crippen molar-refractivity contribution >= 4 is 67.0 Å². The van der Waals surface area contributed by atoms with Crippen molar-refractivity contribution in [2.75, 3.05) is 6.61 Å². The van der Waals surface area contributed by atoms with Crippen LogP contribution in [0.2, 0.25) is 0 Å². The molecule has 22 heavy (non-hydrogen) atoms. The molecule has 0 saturated carbocycles. The van der Waals surface area contributed by atoms with Crippen molar-refractivity contribution in [2.45, 2.75) is 32.2 Å². The molecule has 0 atom stereocenters. The lowest BCUT2D eigenvalue weighted by atomic mass is 10.2. The first-order valence-electron chi connectivity index (χ1n) is 7.68. The molecule has 0 bridgehead atoms. The summed E-state index contributed by atoms with van der Waals surface area (Å²) >= 11 is 4.78. The molecule has 0 unspecified atom stereocenters. The number of hydrogen-bond donors (Lipinski definition) is 1. The number of aromatic nitrogens is 1. The molecule has 1 N–H and O–H groups in total. The molecule has 0 radical (unpaired) electrons. The second-order valence-electron chi connectivity index (χ2n) is 5.61. The first kappa shape index (κ1) is 16.5. The standard InChI is InChI=1S/C18H19I2NO/c19-13-5-7-17-15(11-13)16-12-14(20)6-8-18(16)21(17)9-3-1-2-4-10-22/h5-8,11-12,22H,1-4,9-10H2. The van der Waals surface area contributed by atoms with Crippen LogP contribution in [0.4, 0.5) is 0 Å². The summed E-state index contributed by atoms with van der Waals surface area (Å²) in [6.45, 7) is 1.36. The lowest BCUT2D eigenvalue weighted by Crippen LogP contribution is -1.98. The highest BCUT2D eigenvalue weighted by atomic mass is 127. The molecular weight excluding hydrogens is 500 g/mol. The second-order valence-corrected chi connectivity index (χ2v) is 8.10. The fourth-order valence-electron chi connectivity index (χ4n) is 3.02. The van der Waals surface area contributed by atoms with Gasteiger partial charge in [0.2, 0.25) is 0 Å². The molecule has 0 aliphatic carbocycles. The van der Waals surface area contributed by atoms with Crippen LogP contribution in [0, 0.1) is 7.14 Å². The van der Waals surface area contributed by atoms with E-state index in [9.17, 15) is 0 Å². The lowest BCUT2D eigenvalue weighted by molar-refractivity contribution is 0.282. The molecule has 0 amide bonds. The fourth-order valence-corrected chi connectivity index (χ4v) is 4.01. The highest BCUT2D eigenvalue weighted by Crippen LogP contribution is 2.31. The molecule has 0 aliphatic heterocycles. The van der Waals surface area contributed by atoms with Gasteiger partial charge in [-0.1, -0.05) is 12.8 Å². The van der Waals surface area contributed by atoms with Crippen molar-refractivity contribution in [1.29, 1.82) is 0 Å². The van der Waals surface area contributed by atoms with E-state index >= 15 is 0 Å². The Hall–Kier alpha value is -0.340. The maximum absolute atomic E-state index is 8.88. The molecule has 2 aromatic carbocycles. The Bertz CT molecular complexity index is 735. The van der Waals surface area contributed by atoms with E-state index < -0.39 is 0 Å². The fraction of sp³-hybridized carbons (Fsp3) is 0.333. The molecule has 0 aliphatic rings. The van der Waals surface area contributed by atoms with Crippen LogP contribution >= 0.6 is 45.2 Å². The molecule has 0 saturated heterocycles. The molecule has 0 spiro atoms. The van der Waals surface area contributed by atoms with Gasteiger partial charge in [-0.2, -0.15) is 0 Å². The number of fused-ring (bicyclic) bond motifs is 3. The number of aliphatic hydroxyl groups is 1. The molecular formula is C18H19I2NO. The largest absolute Gasteiger partial charge is 0.396 e. The van der Waals surface area contributed by atoms with E-state index in [2.05, 4.69) is 86.1 Å². The van der Waals surface area contributed by atoms with E-state index in [0.717, 1.165) is 25.8 Å². The first-order chi connectivity index (χ1) is 10.7. The van der Waals surface area contributed by atoms with E-state index in [1.54, 1.807) is 0 Å². The van der Waals surface area contributed by atoms with Gasteiger partial charge in [0.15, 0.2) is 0 Å². The Balaban J connectivity index is 1.99. The number of benzene rings is 2. The highest BCUT2D eigenvalue weighted by Gasteiger charge is 2.11. The minimum atomic E-state index is 0.312. The number of rotatable bonds is 6. The van der Waals surface area contributed by atoms with E-state index in [1.165, 1.54) is 35.4 Å². The summed E-state index contributed by atoms with van der Waals surface area (Å²) < 4.78 is 5.02. The maximum atomic E-state index is 8.88. The first-order valence-corrected chi connectivity index (χ1v) is 9.84. The molecule has 1 aromatic heterocycles. The van der Waals surface area contributed by atoms with Crippen LogP contribution in [0.25, 0.3) is 21.8 Å². The third kappa shape index (κ3) is 3.43. The summed E-state index contributed by atoms with van der Waals surface area (Å²) in [7, 11) is 0. The van der Waals surface area contributed by atoms with Crippen LogP contribution in [0.5, 0.6) is 0 Å². The average molecular weight is 519 g/mol. The van der Waals surface area contributed by atoms with Gasteiger partial charge in [-0.3, -0.25) is 0 Å². The second kappa shape index (κ2) is 7.49. The number of hydrogen-bond acceptors (Lipinski definition) is 1. The van der Waals surface area contributed by atoms with E-state index in [4.69, 9.17) is 5.11 Å². The van der Waals surface area contributed by atoms with Crippen LogP contribution in [0.3, 0.4) is 0 Å². The highest BCUT2D eigenvalue weighted by molar-refractivity contribution is 14.1. The Morgan fingerprint density at radius 1 is 0.773 bits per heavy atom. The summed E-state index contributed by atoms with van der Waals surface area (Å²) in [5.74, 6) is 0. The Labute approximate surface area is 158 Å². The van der Waals surface area contributed by atoms with Gasteiger partial charge in [-0.05, 0) is 94.4 Å². The Morgan fingerprint density at radius 3 is 1.86 bits per heavy atom. The molecule has 2 nitrogen and oxygen atoms in total. The third-order valence-electron chi connectivity index (χ3n) is 4.08. The molecule has 3 rings (SSSR count). The molecule has 1 heterocycles. The van der Waals surface area contributed by atoms with Gasteiger partial charge in [0.05, 0.1) is 0 Å². The van der Waals surface area contributed by atoms with Gasteiger partial charge in [-0.25, -0.2) is 0 Å². The molecule has 116 valence electrons. The Kier molecular flexibility index (Phi) is 5.62. The van der Waals surface area contributed by atoms with Crippen molar-refractivity contribution in [2.24, 2.45) is 0 Å². The quantitative estimate of drug-likeness (QED) is 0.335. The van der Waals surface area contributed by atoms with Gasteiger partial charge >= 0.3 is 0 Å². The SMILES string of the molecule is OCCCCCCn1c2ccc(I)cc2c2cc(I)ccc21. The third-order valence-corrected chi connectivity index (χ3v) is 5.42. The van der Waals surface area contributed by atoms with Crippen molar-refractivity contribution in [3.05, 3.63) is 43.5 Å². The van der Waals surface area contributed by atoms with Gasteiger partial charge in [0, 0.05) is 42.1 Å². The van der Waals surface area contributed by atoms with Crippen LogP contribution in [0.15, 0.2) is 36.4 Å². The number of aliphatic hydroxyl groups excluding tert-OH is 1. The number of halogens is 2. The zero-order valence-corrected chi connectivity index (χ0v) is 16.7. The summed E-state index contributed by atoms with van der Waals surface area (Å²) in [5.41, 5.74) is 2.67.